The number of ether oxygens (including phenoxy) is 4. The monoisotopic (exact) mass is 478 g/mol. The van der Waals surface area contributed by atoms with Crippen LogP contribution in [0.5, 0.6) is 0 Å². The van der Waals surface area contributed by atoms with Crippen LogP contribution in [0.1, 0.15) is 44.9 Å². The normalized spacial score (nSPS) is 20.8. The van der Waals surface area contributed by atoms with Crippen LogP contribution in [0.2, 0.25) is 0 Å². The summed E-state index contributed by atoms with van der Waals surface area (Å²) in [6, 6.07) is 0. The molecule has 3 atom stereocenters. The highest BCUT2D eigenvalue weighted by Gasteiger charge is 2.40. The zero-order valence-corrected chi connectivity index (χ0v) is 18.5. The number of H-pyrrole nitrogens is 1. The number of hydrogen-bond acceptors (Lipinski definition) is 7. The Morgan fingerprint density at radius 1 is 1.41 bits per heavy atom. The maximum atomic E-state index is 13.1. The molecule has 8 nitrogen and oxygen atoms in total. The minimum Gasteiger partial charge on any atom is -0.457 e. The molecule has 0 unspecified atom stereocenters. The van der Waals surface area contributed by atoms with E-state index in [1.54, 1.807) is 4.98 Å². The summed E-state index contributed by atoms with van der Waals surface area (Å²) in [6.07, 6.45) is -0.162. The highest BCUT2D eigenvalue weighted by molar-refractivity contribution is 7.79. The van der Waals surface area contributed by atoms with Crippen LogP contribution in [0.15, 0.2) is 15.8 Å². The first-order valence-corrected chi connectivity index (χ1v) is 10.4. The smallest absolute Gasteiger partial charge is 0.423 e. The van der Waals surface area contributed by atoms with E-state index in [2.05, 4.69) is 19.8 Å². The fourth-order valence-electron chi connectivity index (χ4n) is 3.09. The third kappa shape index (κ3) is 7.36. The number of alkyl halides is 3. The molecule has 0 aromatic carbocycles. The first-order valence-electron chi connectivity index (χ1n) is 9.95. The van der Waals surface area contributed by atoms with Crippen LogP contribution in [0.25, 0.3) is 0 Å². The second-order valence-electron chi connectivity index (χ2n) is 7.57. The fourth-order valence-corrected chi connectivity index (χ4v) is 3.24. The SMILES string of the molecule is C#CCO[C@H]1C[C@H](n2cc(C(F)(F)F)c(=O)[nH]c2=O)O[C@@H]1COC(=S)OCCCC(C)C. The Balaban J connectivity index is 2.07. The van der Waals surface area contributed by atoms with Gasteiger partial charge in [0.1, 0.15) is 31.1 Å². The number of thiocarbonyl (C=S) groups is 1. The van der Waals surface area contributed by atoms with E-state index in [9.17, 15) is 22.8 Å². The number of aromatic nitrogens is 2. The molecule has 1 aliphatic rings. The van der Waals surface area contributed by atoms with Crippen molar-refractivity contribution in [2.75, 3.05) is 19.8 Å². The first kappa shape index (κ1) is 25.9. The van der Waals surface area contributed by atoms with Crippen LogP contribution < -0.4 is 11.2 Å². The Morgan fingerprint density at radius 2 is 2.12 bits per heavy atom. The Bertz CT molecular complexity index is 937. The van der Waals surface area contributed by atoms with Gasteiger partial charge < -0.3 is 18.9 Å². The number of halogens is 3. The summed E-state index contributed by atoms with van der Waals surface area (Å²) in [5, 5.41) is -0.0999. The van der Waals surface area contributed by atoms with Gasteiger partial charge in [0.25, 0.3) is 5.56 Å². The lowest BCUT2D eigenvalue weighted by atomic mass is 10.1. The molecule has 32 heavy (non-hydrogen) atoms. The van der Waals surface area contributed by atoms with Crippen molar-refractivity contribution in [3.63, 3.8) is 0 Å². The zero-order valence-electron chi connectivity index (χ0n) is 17.6. The molecule has 2 heterocycles. The van der Waals surface area contributed by atoms with E-state index < -0.39 is 41.4 Å². The number of rotatable bonds is 9. The van der Waals surface area contributed by atoms with Gasteiger partial charge in [-0.3, -0.25) is 14.3 Å². The minimum atomic E-state index is -4.94. The minimum absolute atomic E-state index is 0.000954. The predicted molar refractivity (Wildman–Crippen MR) is 112 cm³/mol. The van der Waals surface area contributed by atoms with Gasteiger partial charge >= 0.3 is 17.1 Å². The van der Waals surface area contributed by atoms with Crippen molar-refractivity contribution in [3.8, 4) is 12.3 Å². The van der Waals surface area contributed by atoms with Crippen molar-refractivity contribution in [2.45, 2.75) is 57.7 Å². The van der Waals surface area contributed by atoms with Gasteiger partial charge in [-0.05, 0) is 18.8 Å². The Hall–Kier alpha value is -2.36. The van der Waals surface area contributed by atoms with Crippen LogP contribution in [0.4, 0.5) is 13.2 Å². The average Bonchev–Trinajstić information content (AvgIpc) is 3.09. The number of nitrogens with one attached hydrogen (secondary N) is 1. The van der Waals surface area contributed by atoms with Gasteiger partial charge in [0.2, 0.25) is 0 Å². The van der Waals surface area contributed by atoms with Gasteiger partial charge in [0, 0.05) is 24.8 Å². The maximum absolute atomic E-state index is 13.1. The van der Waals surface area contributed by atoms with Crippen LogP contribution >= 0.6 is 12.2 Å². The summed E-state index contributed by atoms with van der Waals surface area (Å²) in [5.41, 5.74) is -4.09. The summed E-state index contributed by atoms with van der Waals surface area (Å²) in [4.78, 5) is 25.3. The highest BCUT2D eigenvalue weighted by atomic mass is 32.1. The van der Waals surface area contributed by atoms with Gasteiger partial charge in [-0.1, -0.05) is 19.8 Å². The molecular weight excluding hydrogens is 453 g/mol. The molecule has 1 aromatic heterocycles. The molecule has 12 heteroatoms. The lowest BCUT2D eigenvalue weighted by Gasteiger charge is -2.19. The van der Waals surface area contributed by atoms with E-state index in [1.807, 2.05) is 0 Å². The average molecular weight is 478 g/mol. The van der Waals surface area contributed by atoms with Crippen LogP contribution in [0.3, 0.4) is 0 Å². The summed E-state index contributed by atoms with van der Waals surface area (Å²) in [5.74, 6) is 2.82. The topological polar surface area (TPSA) is 91.8 Å². The van der Waals surface area contributed by atoms with Crippen molar-refractivity contribution >= 4 is 17.5 Å². The molecule has 1 aromatic rings. The van der Waals surface area contributed by atoms with Crippen molar-refractivity contribution in [1.29, 1.82) is 0 Å². The van der Waals surface area contributed by atoms with Crippen LogP contribution in [-0.4, -0.2) is 46.8 Å². The molecule has 1 N–H and O–H groups in total. The highest BCUT2D eigenvalue weighted by Crippen LogP contribution is 2.32. The maximum Gasteiger partial charge on any atom is 0.423 e. The molecular formula is C20H25F3N2O6S. The molecule has 1 fully saturated rings. The zero-order chi connectivity index (χ0) is 23.9. The van der Waals surface area contributed by atoms with Crippen molar-refractivity contribution in [3.05, 3.63) is 32.6 Å². The molecule has 0 bridgehead atoms. The molecule has 178 valence electrons. The van der Waals surface area contributed by atoms with Crippen molar-refractivity contribution < 1.29 is 32.1 Å². The van der Waals surface area contributed by atoms with E-state index in [4.69, 9.17) is 37.6 Å². The summed E-state index contributed by atoms with van der Waals surface area (Å²) in [6.45, 7) is 4.35. The van der Waals surface area contributed by atoms with Gasteiger partial charge in [-0.25, -0.2) is 4.79 Å². The Labute approximate surface area is 188 Å². The van der Waals surface area contributed by atoms with Crippen molar-refractivity contribution in [1.82, 2.24) is 9.55 Å². The third-order valence-corrected chi connectivity index (χ3v) is 4.89. The van der Waals surface area contributed by atoms with Gasteiger partial charge in [-0.15, -0.1) is 6.42 Å². The standard InChI is InChI=1S/C20H25F3N2O6S/c1-4-7-28-14-9-16(25-10-13(20(21,22)23)17(26)24-18(25)27)31-15(14)11-30-19(32)29-8-5-6-12(2)3/h1,10,12,14-16H,5-9,11H2,2-3H3,(H,24,26,27)/t14-,15+,16+/m0/s1. The third-order valence-electron chi connectivity index (χ3n) is 4.66. The summed E-state index contributed by atoms with van der Waals surface area (Å²) < 4.78 is 61.8. The van der Waals surface area contributed by atoms with E-state index in [1.165, 1.54) is 0 Å². The Morgan fingerprint density at radius 3 is 2.75 bits per heavy atom. The van der Waals surface area contributed by atoms with E-state index in [0.29, 0.717) is 23.3 Å². The number of hydrogen-bond donors (Lipinski definition) is 1. The second kappa shape index (κ2) is 11.5. The van der Waals surface area contributed by atoms with E-state index in [0.717, 1.165) is 12.8 Å². The molecule has 2 rings (SSSR count). The largest absolute Gasteiger partial charge is 0.457 e. The Kier molecular flexibility index (Phi) is 9.30. The molecule has 0 spiro atoms. The number of aromatic amines is 1. The summed E-state index contributed by atoms with van der Waals surface area (Å²) >= 11 is 5.02. The number of terminal acetylenes is 1. The number of nitrogens with zero attached hydrogens (tertiary/aromatic N) is 1. The first-order chi connectivity index (χ1) is 15.0. The quantitative estimate of drug-likeness (QED) is 0.331. The van der Waals surface area contributed by atoms with E-state index in [-0.39, 0.29) is 24.9 Å². The molecule has 1 aliphatic heterocycles. The van der Waals surface area contributed by atoms with Crippen LogP contribution in [0, 0.1) is 18.3 Å². The molecule has 1 saturated heterocycles. The lowest BCUT2D eigenvalue weighted by molar-refractivity contribution is -0.139. The summed E-state index contributed by atoms with van der Waals surface area (Å²) in [7, 11) is 0. The molecule has 0 amide bonds. The van der Waals surface area contributed by atoms with E-state index >= 15 is 0 Å². The second-order valence-corrected chi connectivity index (χ2v) is 7.90. The van der Waals surface area contributed by atoms with Gasteiger partial charge in [0.05, 0.1) is 12.7 Å². The molecule has 0 saturated carbocycles. The van der Waals surface area contributed by atoms with Crippen molar-refractivity contribution in [2.24, 2.45) is 5.92 Å². The fraction of sp³-hybridized carbons (Fsp3) is 0.650. The lowest BCUT2D eigenvalue weighted by Crippen LogP contribution is -2.36. The van der Waals surface area contributed by atoms with Crippen LogP contribution in [-0.2, 0) is 25.1 Å². The molecule has 0 radical (unpaired) electrons. The predicted octanol–water partition coefficient (Wildman–Crippen LogP) is 2.62. The van der Waals surface area contributed by atoms with Gasteiger partial charge in [-0.2, -0.15) is 13.2 Å². The van der Waals surface area contributed by atoms with Gasteiger partial charge in [0.15, 0.2) is 0 Å². The molecule has 0 aliphatic carbocycles.